The quantitative estimate of drug-likeness (QED) is 0.859. The molecule has 2 aromatic rings. The van der Waals surface area contributed by atoms with Gasteiger partial charge in [0.1, 0.15) is 5.75 Å². The number of halogens is 1. The molecule has 0 bridgehead atoms. The summed E-state index contributed by atoms with van der Waals surface area (Å²) in [6.07, 6.45) is 0. The smallest absolute Gasteiger partial charge is 0.337 e. The third-order valence-electron chi connectivity index (χ3n) is 2.79. The molecule has 0 spiro atoms. The second kappa shape index (κ2) is 6.28. The van der Waals surface area contributed by atoms with Gasteiger partial charge in [0.15, 0.2) is 0 Å². The van der Waals surface area contributed by atoms with Gasteiger partial charge in [0.2, 0.25) is 0 Å². The molecular weight excluding hydrogens is 358 g/mol. The highest BCUT2D eigenvalue weighted by atomic mass is 79.9. The number of nitrogens with one attached hydrogen (secondary N) is 1. The molecule has 5 nitrogen and oxygen atoms in total. The molecule has 0 fully saturated rings. The number of hydrogen-bond donors (Lipinski definition) is 2. The number of hydrogen-bond acceptors (Lipinski definition) is 4. The summed E-state index contributed by atoms with van der Waals surface area (Å²) in [5.41, 5.74) is 1.17. The number of methoxy groups -OCH3 is 1. The number of aryl methyl sites for hydroxylation is 1. The normalized spacial score (nSPS) is 10.2. The minimum atomic E-state index is -1.11. The van der Waals surface area contributed by atoms with Gasteiger partial charge in [-0.25, -0.2) is 4.79 Å². The fourth-order valence-electron chi connectivity index (χ4n) is 1.70. The van der Waals surface area contributed by atoms with E-state index >= 15 is 0 Å². The number of thiophene rings is 1. The number of carbonyl (C=O) groups excluding carboxylic acids is 1. The maximum absolute atomic E-state index is 12.2. The van der Waals surface area contributed by atoms with Crippen LogP contribution in [0.25, 0.3) is 0 Å². The molecule has 21 heavy (non-hydrogen) atoms. The van der Waals surface area contributed by atoms with Gasteiger partial charge in [-0.05, 0) is 46.6 Å². The van der Waals surface area contributed by atoms with Gasteiger partial charge in [-0.1, -0.05) is 0 Å². The van der Waals surface area contributed by atoms with E-state index in [9.17, 15) is 9.59 Å². The molecule has 0 unspecified atom stereocenters. The molecule has 2 rings (SSSR count). The van der Waals surface area contributed by atoms with Crippen LogP contribution in [0.5, 0.6) is 5.75 Å². The Labute approximate surface area is 133 Å². The van der Waals surface area contributed by atoms with E-state index in [2.05, 4.69) is 21.2 Å². The SMILES string of the molecule is COc1ccc(C(=O)O)c(NC(=O)c2cc(C)c(Br)s2)c1. The minimum Gasteiger partial charge on any atom is -0.497 e. The van der Waals surface area contributed by atoms with E-state index in [1.807, 2.05) is 6.92 Å². The number of carboxylic acid groups (broad SMARTS) is 1. The Hall–Kier alpha value is -1.86. The van der Waals surface area contributed by atoms with Crippen molar-refractivity contribution < 1.29 is 19.4 Å². The van der Waals surface area contributed by atoms with Crippen molar-refractivity contribution in [1.29, 1.82) is 0 Å². The Morgan fingerprint density at radius 1 is 1.33 bits per heavy atom. The van der Waals surface area contributed by atoms with Crippen molar-refractivity contribution in [2.75, 3.05) is 12.4 Å². The number of carboxylic acids is 1. The van der Waals surface area contributed by atoms with Crippen molar-refractivity contribution in [3.8, 4) is 5.75 Å². The number of benzene rings is 1. The Bertz CT molecular complexity index is 691. The van der Waals surface area contributed by atoms with Crippen molar-refractivity contribution in [3.63, 3.8) is 0 Å². The van der Waals surface area contributed by atoms with Crippen molar-refractivity contribution in [2.45, 2.75) is 6.92 Å². The third kappa shape index (κ3) is 3.43. The molecule has 110 valence electrons. The number of rotatable bonds is 4. The lowest BCUT2D eigenvalue weighted by molar-refractivity contribution is 0.0698. The molecule has 1 amide bonds. The minimum absolute atomic E-state index is 0.0106. The van der Waals surface area contributed by atoms with E-state index in [1.54, 1.807) is 6.07 Å². The largest absolute Gasteiger partial charge is 0.497 e. The van der Waals surface area contributed by atoms with Gasteiger partial charge in [0, 0.05) is 6.07 Å². The summed E-state index contributed by atoms with van der Waals surface area (Å²) in [7, 11) is 1.47. The predicted molar refractivity (Wildman–Crippen MR) is 84.7 cm³/mol. The van der Waals surface area contributed by atoms with Crippen molar-refractivity contribution in [3.05, 3.63) is 44.1 Å². The van der Waals surface area contributed by atoms with Gasteiger partial charge in [-0.2, -0.15) is 0 Å². The second-order valence-electron chi connectivity index (χ2n) is 4.24. The van der Waals surface area contributed by atoms with E-state index in [0.29, 0.717) is 10.6 Å². The fraction of sp³-hybridized carbons (Fsp3) is 0.143. The van der Waals surface area contributed by atoms with E-state index < -0.39 is 5.97 Å². The van der Waals surface area contributed by atoms with Gasteiger partial charge in [-0.3, -0.25) is 4.79 Å². The molecule has 0 saturated carbocycles. The van der Waals surface area contributed by atoms with E-state index in [0.717, 1.165) is 9.35 Å². The fourth-order valence-corrected chi connectivity index (χ4v) is 3.13. The van der Waals surface area contributed by atoms with Crippen LogP contribution in [0.3, 0.4) is 0 Å². The number of ether oxygens (including phenoxy) is 1. The predicted octanol–water partition coefficient (Wildman–Crippen LogP) is 3.78. The Morgan fingerprint density at radius 3 is 2.57 bits per heavy atom. The molecule has 0 aliphatic rings. The summed E-state index contributed by atoms with van der Waals surface area (Å²) in [6.45, 7) is 1.88. The standard InChI is InChI=1S/C14H12BrNO4S/c1-7-5-11(21-12(7)15)13(17)16-10-6-8(20-2)3-4-9(10)14(18)19/h3-6H,1-2H3,(H,16,17)(H,18,19). The molecule has 0 aliphatic heterocycles. The van der Waals surface area contributed by atoms with Gasteiger partial charge < -0.3 is 15.2 Å². The first-order chi connectivity index (χ1) is 9.92. The van der Waals surface area contributed by atoms with Gasteiger partial charge in [0.25, 0.3) is 5.91 Å². The number of amides is 1. The summed E-state index contributed by atoms with van der Waals surface area (Å²) >= 11 is 4.65. The van der Waals surface area contributed by atoms with Crippen molar-refractivity contribution in [2.24, 2.45) is 0 Å². The molecule has 0 aliphatic carbocycles. The maximum Gasteiger partial charge on any atom is 0.337 e. The van der Waals surface area contributed by atoms with E-state index in [-0.39, 0.29) is 17.2 Å². The molecule has 7 heteroatoms. The van der Waals surface area contributed by atoms with Crippen LogP contribution < -0.4 is 10.1 Å². The van der Waals surface area contributed by atoms with E-state index in [4.69, 9.17) is 9.84 Å². The Morgan fingerprint density at radius 2 is 2.05 bits per heavy atom. The molecule has 0 atom stereocenters. The number of carbonyl (C=O) groups is 2. The second-order valence-corrected chi connectivity index (χ2v) is 6.61. The lowest BCUT2D eigenvalue weighted by Crippen LogP contribution is -2.13. The van der Waals surface area contributed by atoms with Crippen LogP contribution in [0.4, 0.5) is 5.69 Å². The summed E-state index contributed by atoms with van der Waals surface area (Å²) in [4.78, 5) is 23.9. The molecular formula is C14H12BrNO4S. The Balaban J connectivity index is 2.33. The molecule has 1 heterocycles. The summed E-state index contributed by atoms with van der Waals surface area (Å²) < 4.78 is 5.92. The first-order valence-electron chi connectivity index (χ1n) is 5.91. The summed E-state index contributed by atoms with van der Waals surface area (Å²) in [5.74, 6) is -1.00. The first kappa shape index (κ1) is 15.5. The summed E-state index contributed by atoms with van der Waals surface area (Å²) in [5, 5.41) is 11.8. The van der Waals surface area contributed by atoms with Gasteiger partial charge in [0.05, 0.1) is 27.0 Å². The number of aromatic carboxylic acids is 1. The zero-order valence-electron chi connectivity index (χ0n) is 11.3. The van der Waals surface area contributed by atoms with Gasteiger partial charge in [-0.15, -0.1) is 11.3 Å². The van der Waals surface area contributed by atoms with Crippen LogP contribution >= 0.6 is 27.3 Å². The van der Waals surface area contributed by atoms with E-state index in [1.165, 1.54) is 36.6 Å². The van der Waals surface area contributed by atoms with Gasteiger partial charge >= 0.3 is 5.97 Å². The monoisotopic (exact) mass is 369 g/mol. The Kier molecular flexibility index (Phi) is 4.64. The zero-order valence-corrected chi connectivity index (χ0v) is 13.7. The molecule has 1 aromatic carbocycles. The number of anilines is 1. The lowest BCUT2D eigenvalue weighted by Gasteiger charge is -2.09. The van der Waals surface area contributed by atoms with Crippen LogP contribution in [0.1, 0.15) is 25.6 Å². The van der Waals surface area contributed by atoms with Crippen LogP contribution in [0, 0.1) is 6.92 Å². The third-order valence-corrected chi connectivity index (χ3v) is 4.92. The van der Waals surface area contributed by atoms with Crippen LogP contribution in [0.2, 0.25) is 0 Å². The average molecular weight is 370 g/mol. The zero-order chi connectivity index (χ0) is 15.6. The highest BCUT2D eigenvalue weighted by Crippen LogP contribution is 2.29. The van der Waals surface area contributed by atoms with Crippen molar-refractivity contribution >= 4 is 44.8 Å². The summed E-state index contributed by atoms with van der Waals surface area (Å²) in [6, 6.07) is 6.15. The lowest BCUT2D eigenvalue weighted by atomic mass is 10.1. The highest BCUT2D eigenvalue weighted by molar-refractivity contribution is 9.11. The highest BCUT2D eigenvalue weighted by Gasteiger charge is 2.16. The van der Waals surface area contributed by atoms with Crippen LogP contribution in [-0.2, 0) is 0 Å². The maximum atomic E-state index is 12.2. The van der Waals surface area contributed by atoms with Crippen LogP contribution in [0.15, 0.2) is 28.1 Å². The average Bonchev–Trinajstić information content (AvgIpc) is 2.78. The molecule has 1 aromatic heterocycles. The molecule has 2 N–H and O–H groups in total. The topological polar surface area (TPSA) is 75.6 Å². The molecule has 0 radical (unpaired) electrons. The molecule has 0 saturated heterocycles. The van der Waals surface area contributed by atoms with Crippen molar-refractivity contribution in [1.82, 2.24) is 0 Å². The first-order valence-corrected chi connectivity index (χ1v) is 7.52. The van der Waals surface area contributed by atoms with Crippen LogP contribution in [-0.4, -0.2) is 24.1 Å².